The van der Waals surface area contributed by atoms with Crippen molar-refractivity contribution in [2.24, 2.45) is 0 Å². The van der Waals surface area contributed by atoms with Crippen molar-refractivity contribution in [1.29, 1.82) is 0 Å². The van der Waals surface area contributed by atoms with Crippen molar-refractivity contribution in [3.63, 3.8) is 0 Å². The number of nitrogens with one attached hydrogen (secondary N) is 1. The van der Waals surface area contributed by atoms with E-state index in [1.54, 1.807) is 32.4 Å². The summed E-state index contributed by atoms with van der Waals surface area (Å²) in [5.74, 6) is 1.05. The maximum Gasteiger partial charge on any atom is 0.230 e. The molecule has 0 spiro atoms. The van der Waals surface area contributed by atoms with Crippen molar-refractivity contribution in [2.75, 3.05) is 19.5 Å². The largest absolute Gasteiger partial charge is 0.493 e. The van der Waals surface area contributed by atoms with Crippen molar-refractivity contribution >= 4 is 46.1 Å². The summed E-state index contributed by atoms with van der Waals surface area (Å²) in [5, 5.41) is 6.33. The SMILES string of the molecule is COc1ccc(-c2nc(CC(=O)Nc3cc(Cl)ccc3Cl)cs2)cc1OC. The number of anilines is 1. The van der Waals surface area contributed by atoms with Crippen LogP contribution in [0.5, 0.6) is 11.5 Å². The zero-order valence-electron chi connectivity index (χ0n) is 14.6. The molecule has 2 aromatic carbocycles. The van der Waals surface area contributed by atoms with Crippen LogP contribution in [0, 0.1) is 0 Å². The summed E-state index contributed by atoms with van der Waals surface area (Å²) in [5.41, 5.74) is 2.03. The third-order valence-corrected chi connectivity index (χ3v) is 5.23. The molecule has 1 heterocycles. The Hall–Kier alpha value is -2.28. The second-order valence-corrected chi connectivity index (χ2v) is 7.26. The van der Waals surface area contributed by atoms with Gasteiger partial charge in [0.25, 0.3) is 0 Å². The first-order valence-electron chi connectivity index (χ1n) is 7.92. The lowest BCUT2D eigenvalue weighted by atomic mass is 10.2. The molecule has 3 aromatic rings. The fraction of sp³-hybridized carbons (Fsp3) is 0.158. The summed E-state index contributed by atoms with van der Waals surface area (Å²) in [6, 6.07) is 10.5. The van der Waals surface area contributed by atoms with Crippen LogP contribution in [0.3, 0.4) is 0 Å². The van der Waals surface area contributed by atoms with Gasteiger partial charge in [0.15, 0.2) is 11.5 Å². The Balaban J connectivity index is 1.72. The van der Waals surface area contributed by atoms with Crippen LogP contribution < -0.4 is 14.8 Å². The quantitative estimate of drug-likeness (QED) is 0.583. The highest BCUT2D eigenvalue weighted by Crippen LogP contribution is 2.33. The fourth-order valence-corrected chi connectivity index (χ4v) is 3.60. The molecule has 0 aliphatic heterocycles. The van der Waals surface area contributed by atoms with Gasteiger partial charge >= 0.3 is 0 Å². The average Bonchev–Trinajstić information content (AvgIpc) is 3.12. The fourth-order valence-electron chi connectivity index (χ4n) is 2.44. The van der Waals surface area contributed by atoms with E-state index in [1.165, 1.54) is 11.3 Å². The molecule has 8 heteroatoms. The molecule has 0 saturated carbocycles. The first kappa shape index (κ1) is 19.5. The van der Waals surface area contributed by atoms with E-state index in [1.807, 2.05) is 23.6 Å². The van der Waals surface area contributed by atoms with Crippen molar-refractivity contribution < 1.29 is 14.3 Å². The highest BCUT2D eigenvalue weighted by molar-refractivity contribution is 7.13. The van der Waals surface area contributed by atoms with Gasteiger partial charge < -0.3 is 14.8 Å². The Morgan fingerprint density at radius 2 is 1.89 bits per heavy atom. The number of carbonyl (C=O) groups is 1. The van der Waals surface area contributed by atoms with Crippen LogP contribution in [0.15, 0.2) is 41.8 Å². The molecule has 0 radical (unpaired) electrons. The highest BCUT2D eigenvalue weighted by atomic mass is 35.5. The number of ether oxygens (including phenoxy) is 2. The third kappa shape index (κ3) is 4.71. The summed E-state index contributed by atoms with van der Waals surface area (Å²) in [6.07, 6.45) is 0.132. The minimum atomic E-state index is -0.219. The molecule has 0 aliphatic rings. The minimum Gasteiger partial charge on any atom is -0.493 e. The second-order valence-electron chi connectivity index (χ2n) is 5.56. The number of amides is 1. The Morgan fingerprint density at radius 3 is 2.63 bits per heavy atom. The lowest BCUT2D eigenvalue weighted by molar-refractivity contribution is -0.115. The van der Waals surface area contributed by atoms with Crippen molar-refractivity contribution in [3.8, 4) is 22.1 Å². The molecule has 0 fully saturated rings. The zero-order valence-corrected chi connectivity index (χ0v) is 16.9. The van der Waals surface area contributed by atoms with Gasteiger partial charge in [-0.25, -0.2) is 4.98 Å². The number of nitrogens with zero attached hydrogens (tertiary/aromatic N) is 1. The number of halogens is 2. The Labute approximate surface area is 170 Å². The Kier molecular flexibility index (Phi) is 6.21. The van der Waals surface area contributed by atoms with Crippen LogP contribution >= 0.6 is 34.5 Å². The van der Waals surface area contributed by atoms with Gasteiger partial charge in [-0.05, 0) is 36.4 Å². The number of methoxy groups -OCH3 is 2. The van der Waals surface area contributed by atoms with E-state index in [2.05, 4.69) is 10.3 Å². The first-order chi connectivity index (χ1) is 13.0. The third-order valence-electron chi connectivity index (χ3n) is 3.73. The Bertz CT molecular complexity index is 975. The van der Waals surface area contributed by atoms with E-state index in [4.69, 9.17) is 32.7 Å². The molecule has 0 atom stereocenters. The molecule has 5 nitrogen and oxygen atoms in total. The lowest BCUT2D eigenvalue weighted by Gasteiger charge is -2.08. The van der Waals surface area contributed by atoms with Crippen LogP contribution in [0.2, 0.25) is 10.0 Å². The molecule has 140 valence electrons. The van der Waals surface area contributed by atoms with E-state index in [9.17, 15) is 4.79 Å². The van der Waals surface area contributed by atoms with Gasteiger partial charge in [-0.3, -0.25) is 4.79 Å². The molecule has 3 rings (SSSR count). The van der Waals surface area contributed by atoms with Gasteiger partial charge in [0, 0.05) is 16.0 Å². The maximum absolute atomic E-state index is 12.3. The molecule has 0 aliphatic carbocycles. The molecule has 0 saturated heterocycles. The monoisotopic (exact) mass is 422 g/mol. The predicted molar refractivity (Wildman–Crippen MR) is 109 cm³/mol. The van der Waals surface area contributed by atoms with E-state index in [0.717, 1.165) is 10.6 Å². The number of carbonyl (C=O) groups excluding carboxylic acids is 1. The smallest absolute Gasteiger partial charge is 0.230 e. The molecular formula is C19H16Cl2N2O3S. The van der Waals surface area contributed by atoms with E-state index in [-0.39, 0.29) is 12.3 Å². The minimum absolute atomic E-state index is 0.132. The highest BCUT2D eigenvalue weighted by Gasteiger charge is 2.13. The molecule has 1 amide bonds. The van der Waals surface area contributed by atoms with Gasteiger partial charge in [-0.2, -0.15) is 0 Å². The molecule has 1 N–H and O–H groups in total. The summed E-state index contributed by atoms with van der Waals surface area (Å²) in [6.45, 7) is 0. The van der Waals surface area contributed by atoms with Crippen molar-refractivity contribution in [1.82, 2.24) is 4.98 Å². The average molecular weight is 423 g/mol. The second kappa shape index (κ2) is 8.61. The number of benzene rings is 2. The summed E-state index contributed by atoms with van der Waals surface area (Å²) in [7, 11) is 3.17. The summed E-state index contributed by atoms with van der Waals surface area (Å²) >= 11 is 13.5. The molecule has 0 unspecified atom stereocenters. The van der Waals surface area contributed by atoms with Crippen LogP contribution in [0.4, 0.5) is 5.69 Å². The summed E-state index contributed by atoms with van der Waals surface area (Å²) < 4.78 is 10.6. The van der Waals surface area contributed by atoms with Crippen molar-refractivity contribution in [3.05, 3.63) is 57.5 Å². The van der Waals surface area contributed by atoms with Gasteiger partial charge in [0.2, 0.25) is 5.91 Å². The standard InChI is InChI=1S/C19H16Cl2N2O3S/c1-25-16-6-3-11(7-17(16)26-2)19-22-13(10-27-19)9-18(24)23-15-8-12(20)4-5-14(15)21/h3-8,10H,9H2,1-2H3,(H,23,24). The molecule has 1 aromatic heterocycles. The first-order valence-corrected chi connectivity index (χ1v) is 9.55. The van der Waals surface area contributed by atoms with Crippen LogP contribution in [-0.4, -0.2) is 25.1 Å². The zero-order chi connectivity index (χ0) is 19.4. The maximum atomic E-state index is 12.3. The Morgan fingerprint density at radius 1 is 1.11 bits per heavy atom. The number of rotatable bonds is 6. The predicted octanol–water partition coefficient (Wildman–Crippen LogP) is 5.32. The van der Waals surface area contributed by atoms with Gasteiger partial charge in [0.1, 0.15) is 5.01 Å². The van der Waals surface area contributed by atoms with Crippen LogP contribution in [0.1, 0.15) is 5.69 Å². The number of aromatic nitrogens is 1. The van der Waals surface area contributed by atoms with Crippen molar-refractivity contribution in [2.45, 2.75) is 6.42 Å². The normalized spacial score (nSPS) is 10.5. The van der Waals surface area contributed by atoms with E-state index in [0.29, 0.717) is 32.9 Å². The van der Waals surface area contributed by atoms with Crippen LogP contribution in [-0.2, 0) is 11.2 Å². The topological polar surface area (TPSA) is 60.5 Å². The summed E-state index contributed by atoms with van der Waals surface area (Å²) in [4.78, 5) is 16.8. The molecule has 0 bridgehead atoms. The number of thiazole rings is 1. The van der Waals surface area contributed by atoms with Gasteiger partial charge in [0.05, 0.1) is 37.0 Å². The lowest BCUT2D eigenvalue weighted by Crippen LogP contribution is -2.14. The van der Waals surface area contributed by atoms with Crippen LogP contribution in [0.25, 0.3) is 10.6 Å². The molecular weight excluding hydrogens is 407 g/mol. The van der Waals surface area contributed by atoms with E-state index >= 15 is 0 Å². The van der Waals surface area contributed by atoms with E-state index < -0.39 is 0 Å². The number of hydrogen-bond acceptors (Lipinski definition) is 5. The van der Waals surface area contributed by atoms with Gasteiger partial charge in [-0.1, -0.05) is 23.2 Å². The number of hydrogen-bond donors (Lipinski definition) is 1. The van der Waals surface area contributed by atoms with Gasteiger partial charge in [-0.15, -0.1) is 11.3 Å². The molecule has 27 heavy (non-hydrogen) atoms.